The predicted molar refractivity (Wildman–Crippen MR) is 53.4 cm³/mol. The lowest BCUT2D eigenvalue weighted by Crippen LogP contribution is -2.37. The van der Waals surface area contributed by atoms with Crippen LogP contribution in [0.15, 0.2) is 11.6 Å². The van der Waals surface area contributed by atoms with Gasteiger partial charge in [-0.1, -0.05) is 13.0 Å². The van der Waals surface area contributed by atoms with E-state index in [0.717, 1.165) is 12.0 Å². The molecule has 1 atom stereocenters. The van der Waals surface area contributed by atoms with Crippen LogP contribution >= 0.6 is 0 Å². The van der Waals surface area contributed by atoms with Gasteiger partial charge in [0.15, 0.2) is 0 Å². The largest absolute Gasteiger partial charge is 0.394 e. The molecule has 0 radical (unpaired) electrons. The number of hydrogen-bond acceptors (Lipinski definition) is 2. The molecule has 0 aromatic rings. The maximum atomic E-state index is 11.6. The first kappa shape index (κ1) is 12.2. The fourth-order valence-electron chi connectivity index (χ4n) is 0.994. The van der Waals surface area contributed by atoms with Gasteiger partial charge in [-0.05, 0) is 20.3 Å². The highest BCUT2D eigenvalue weighted by atomic mass is 16.3. The number of aliphatic hydroxyl groups excluding tert-OH is 1. The summed E-state index contributed by atoms with van der Waals surface area (Å²) in [6.45, 7) is 5.61. The van der Waals surface area contributed by atoms with Crippen molar-refractivity contribution >= 4 is 5.91 Å². The van der Waals surface area contributed by atoms with Gasteiger partial charge in [0.25, 0.3) is 0 Å². The van der Waals surface area contributed by atoms with Crippen LogP contribution in [0.5, 0.6) is 0 Å². The standard InChI is InChI=1S/C10H19NO2/c1-5-6-8(2)10(13)11(4)9(3)7-12/h6,9,12H,5,7H2,1-4H3/b8-6-. The topological polar surface area (TPSA) is 40.5 Å². The zero-order valence-corrected chi connectivity index (χ0v) is 8.87. The third kappa shape index (κ3) is 3.59. The van der Waals surface area contributed by atoms with Gasteiger partial charge in [0.1, 0.15) is 0 Å². The van der Waals surface area contributed by atoms with E-state index in [2.05, 4.69) is 0 Å². The zero-order valence-electron chi connectivity index (χ0n) is 8.87. The molecule has 0 aliphatic carbocycles. The summed E-state index contributed by atoms with van der Waals surface area (Å²) < 4.78 is 0. The smallest absolute Gasteiger partial charge is 0.249 e. The quantitative estimate of drug-likeness (QED) is 0.668. The maximum absolute atomic E-state index is 11.6. The molecule has 3 nitrogen and oxygen atoms in total. The van der Waals surface area contributed by atoms with Crippen molar-refractivity contribution in [1.82, 2.24) is 4.90 Å². The molecule has 13 heavy (non-hydrogen) atoms. The van der Waals surface area contributed by atoms with E-state index < -0.39 is 0 Å². The number of rotatable bonds is 4. The fraction of sp³-hybridized carbons (Fsp3) is 0.700. The van der Waals surface area contributed by atoms with Crippen LogP contribution in [0.2, 0.25) is 0 Å². The highest BCUT2D eigenvalue weighted by molar-refractivity contribution is 5.92. The first-order valence-corrected chi connectivity index (χ1v) is 4.59. The van der Waals surface area contributed by atoms with E-state index >= 15 is 0 Å². The van der Waals surface area contributed by atoms with Crippen LogP contribution in [0.3, 0.4) is 0 Å². The van der Waals surface area contributed by atoms with Gasteiger partial charge in [0.05, 0.1) is 12.6 Å². The van der Waals surface area contributed by atoms with Crippen molar-refractivity contribution in [2.75, 3.05) is 13.7 Å². The van der Waals surface area contributed by atoms with Crippen molar-refractivity contribution in [3.63, 3.8) is 0 Å². The summed E-state index contributed by atoms with van der Waals surface area (Å²) in [5, 5.41) is 8.85. The molecule has 0 fully saturated rings. The van der Waals surface area contributed by atoms with Gasteiger partial charge in [-0.25, -0.2) is 0 Å². The molecule has 0 heterocycles. The molecule has 1 amide bonds. The summed E-state index contributed by atoms with van der Waals surface area (Å²) in [5.41, 5.74) is 0.741. The van der Waals surface area contributed by atoms with Crippen LogP contribution in [-0.4, -0.2) is 35.6 Å². The van der Waals surface area contributed by atoms with Crippen molar-refractivity contribution in [2.24, 2.45) is 0 Å². The number of amides is 1. The Hall–Kier alpha value is -0.830. The molecule has 76 valence electrons. The van der Waals surface area contributed by atoms with E-state index in [1.165, 1.54) is 0 Å². The second kappa shape index (κ2) is 5.75. The molecule has 3 heteroatoms. The number of nitrogens with zero attached hydrogens (tertiary/aromatic N) is 1. The van der Waals surface area contributed by atoms with Crippen LogP contribution in [-0.2, 0) is 4.79 Å². The Bertz CT molecular complexity index is 199. The molecule has 0 saturated heterocycles. The highest BCUT2D eigenvalue weighted by Crippen LogP contribution is 2.04. The third-order valence-electron chi connectivity index (χ3n) is 2.09. The van der Waals surface area contributed by atoms with Crippen molar-refractivity contribution < 1.29 is 9.90 Å². The number of hydrogen-bond donors (Lipinski definition) is 1. The summed E-state index contributed by atoms with van der Waals surface area (Å²) in [6, 6.07) is -0.118. The fourth-order valence-corrected chi connectivity index (χ4v) is 0.994. The van der Waals surface area contributed by atoms with Gasteiger partial charge < -0.3 is 10.0 Å². The molecular formula is C10H19NO2. The van der Waals surface area contributed by atoms with E-state index in [1.54, 1.807) is 18.9 Å². The SMILES string of the molecule is CC/C=C(/C)C(=O)N(C)C(C)CO. The Balaban J connectivity index is 4.33. The lowest BCUT2D eigenvalue weighted by atomic mass is 10.2. The minimum atomic E-state index is -0.118. The average Bonchev–Trinajstić information content (AvgIpc) is 2.14. The summed E-state index contributed by atoms with van der Waals surface area (Å²) in [7, 11) is 1.70. The van der Waals surface area contributed by atoms with Crippen molar-refractivity contribution in [2.45, 2.75) is 33.2 Å². The highest BCUT2D eigenvalue weighted by Gasteiger charge is 2.15. The normalized spacial score (nSPS) is 14.1. The molecule has 0 rings (SSSR count). The van der Waals surface area contributed by atoms with E-state index in [4.69, 9.17) is 5.11 Å². The first-order chi connectivity index (χ1) is 6.04. The van der Waals surface area contributed by atoms with E-state index in [0.29, 0.717) is 0 Å². The summed E-state index contributed by atoms with van der Waals surface area (Å²) in [6.07, 6.45) is 2.75. The molecule has 0 aromatic heterocycles. The molecule has 1 N–H and O–H groups in total. The summed E-state index contributed by atoms with van der Waals surface area (Å²) in [4.78, 5) is 13.1. The number of carbonyl (C=O) groups is 1. The number of allylic oxidation sites excluding steroid dienone is 1. The number of carbonyl (C=O) groups excluding carboxylic acids is 1. The number of aliphatic hydroxyl groups is 1. The monoisotopic (exact) mass is 185 g/mol. The predicted octanol–water partition coefficient (Wildman–Crippen LogP) is 1.18. The Morgan fingerprint density at radius 1 is 1.62 bits per heavy atom. The second-order valence-corrected chi connectivity index (χ2v) is 3.24. The van der Waals surface area contributed by atoms with Crippen LogP contribution in [0.25, 0.3) is 0 Å². The van der Waals surface area contributed by atoms with Gasteiger partial charge in [0, 0.05) is 12.6 Å². The van der Waals surface area contributed by atoms with E-state index in [1.807, 2.05) is 19.9 Å². The van der Waals surface area contributed by atoms with Crippen molar-refractivity contribution in [3.8, 4) is 0 Å². The van der Waals surface area contributed by atoms with Gasteiger partial charge >= 0.3 is 0 Å². The second-order valence-electron chi connectivity index (χ2n) is 3.24. The maximum Gasteiger partial charge on any atom is 0.249 e. The molecule has 0 aliphatic heterocycles. The van der Waals surface area contributed by atoms with Crippen LogP contribution in [0, 0.1) is 0 Å². The van der Waals surface area contributed by atoms with Crippen LogP contribution in [0.4, 0.5) is 0 Å². The Morgan fingerprint density at radius 3 is 2.54 bits per heavy atom. The summed E-state index contributed by atoms with van der Waals surface area (Å²) in [5.74, 6) is -0.0107. The third-order valence-corrected chi connectivity index (χ3v) is 2.09. The molecule has 1 unspecified atom stereocenters. The molecule has 0 saturated carbocycles. The average molecular weight is 185 g/mol. The van der Waals surface area contributed by atoms with Gasteiger partial charge in [0.2, 0.25) is 5.91 Å². The molecule has 0 aliphatic rings. The van der Waals surface area contributed by atoms with Crippen molar-refractivity contribution in [3.05, 3.63) is 11.6 Å². The lowest BCUT2D eigenvalue weighted by Gasteiger charge is -2.23. The Labute approximate surface area is 80.0 Å². The molecular weight excluding hydrogens is 166 g/mol. The lowest BCUT2D eigenvalue weighted by molar-refractivity contribution is -0.128. The van der Waals surface area contributed by atoms with Gasteiger partial charge in [-0.2, -0.15) is 0 Å². The minimum Gasteiger partial charge on any atom is -0.394 e. The number of likely N-dealkylation sites (N-methyl/N-ethyl adjacent to an activating group) is 1. The van der Waals surface area contributed by atoms with Gasteiger partial charge in [-0.3, -0.25) is 4.79 Å². The van der Waals surface area contributed by atoms with Crippen LogP contribution < -0.4 is 0 Å². The Kier molecular flexibility index (Phi) is 5.39. The molecule has 0 aromatic carbocycles. The van der Waals surface area contributed by atoms with Gasteiger partial charge in [-0.15, -0.1) is 0 Å². The molecule has 0 spiro atoms. The Morgan fingerprint density at radius 2 is 2.15 bits per heavy atom. The van der Waals surface area contributed by atoms with Crippen LogP contribution in [0.1, 0.15) is 27.2 Å². The first-order valence-electron chi connectivity index (χ1n) is 4.59. The minimum absolute atomic E-state index is 0.00163. The van der Waals surface area contributed by atoms with E-state index in [9.17, 15) is 4.79 Å². The van der Waals surface area contributed by atoms with Crippen molar-refractivity contribution in [1.29, 1.82) is 0 Å². The summed E-state index contributed by atoms with van der Waals surface area (Å²) >= 11 is 0. The zero-order chi connectivity index (χ0) is 10.4. The van der Waals surface area contributed by atoms with E-state index in [-0.39, 0.29) is 18.6 Å². The molecule has 0 bridgehead atoms.